The van der Waals surface area contributed by atoms with Gasteiger partial charge in [-0.1, -0.05) is 54.6 Å². The summed E-state index contributed by atoms with van der Waals surface area (Å²) >= 11 is 0. The number of nitrogens with one attached hydrogen (secondary N) is 2. The fraction of sp³-hybridized carbons (Fsp3) is 0.219. The van der Waals surface area contributed by atoms with Crippen molar-refractivity contribution in [2.45, 2.75) is 12.7 Å². The lowest BCUT2D eigenvalue weighted by atomic mass is 10.1. The molecule has 0 radical (unpaired) electrons. The first-order chi connectivity index (χ1) is 21.5. The Bertz CT molecular complexity index is 1670. The molecule has 12 heteroatoms. The third-order valence-electron chi connectivity index (χ3n) is 6.66. The Labute approximate surface area is 253 Å². The van der Waals surface area contributed by atoms with Gasteiger partial charge in [0.2, 0.25) is 0 Å². The van der Waals surface area contributed by atoms with E-state index in [1.54, 1.807) is 25.3 Å². The maximum atomic E-state index is 12.9. The van der Waals surface area contributed by atoms with Gasteiger partial charge in [0.05, 0.1) is 18.0 Å². The maximum absolute atomic E-state index is 12.9. The molecule has 1 atom stereocenters. The molecule has 4 aromatic carbocycles. The molecule has 5 aromatic rings. The molecule has 230 valence electrons. The quantitative estimate of drug-likeness (QED) is 0.0523. The molecule has 0 amide bonds. The highest BCUT2D eigenvalue weighted by Crippen LogP contribution is 2.33. The molecule has 5 rings (SSSR count). The van der Waals surface area contributed by atoms with E-state index in [0.29, 0.717) is 36.0 Å². The molecule has 0 saturated heterocycles. The van der Waals surface area contributed by atoms with Crippen LogP contribution in [0.3, 0.4) is 0 Å². The Morgan fingerprint density at radius 1 is 0.841 bits per heavy atom. The lowest BCUT2D eigenvalue weighted by Gasteiger charge is -2.20. The Hall–Kier alpha value is -4.85. The van der Waals surface area contributed by atoms with Crippen LogP contribution in [-0.2, 0) is 16.2 Å². The minimum atomic E-state index is -0.965. The van der Waals surface area contributed by atoms with Crippen molar-refractivity contribution in [1.29, 1.82) is 0 Å². The summed E-state index contributed by atoms with van der Waals surface area (Å²) in [5.74, 6) is 2.03. The third-order valence-corrected chi connectivity index (χ3v) is 6.66. The Balaban J connectivity index is 1.25. The van der Waals surface area contributed by atoms with E-state index in [2.05, 4.69) is 15.1 Å². The van der Waals surface area contributed by atoms with Crippen LogP contribution < -0.4 is 24.3 Å². The molecule has 0 aliphatic carbocycles. The number of carbonyl (C=O) groups excluding carboxylic acids is 1. The summed E-state index contributed by atoms with van der Waals surface area (Å²) in [7, 11) is 1.58. The van der Waals surface area contributed by atoms with E-state index in [1.807, 2.05) is 66.7 Å². The number of para-hydroxylation sites is 4. The molecule has 0 saturated carbocycles. The zero-order valence-electron chi connectivity index (χ0n) is 24.0. The fourth-order valence-corrected chi connectivity index (χ4v) is 4.64. The number of aromatic amines is 1. The highest BCUT2D eigenvalue weighted by atomic mass is 17.1. The molecule has 0 aliphatic rings. The number of aromatic nitrogens is 1. The van der Waals surface area contributed by atoms with Gasteiger partial charge in [-0.3, -0.25) is 10.4 Å². The minimum Gasteiger partial charge on any atom is -0.493 e. The summed E-state index contributed by atoms with van der Waals surface area (Å²) in [6.07, 6.45) is -1.71. The van der Waals surface area contributed by atoms with Crippen molar-refractivity contribution in [3.63, 3.8) is 0 Å². The topological polar surface area (TPSA) is 144 Å². The largest absolute Gasteiger partial charge is 0.514 e. The van der Waals surface area contributed by atoms with E-state index in [4.69, 9.17) is 34.1 Å². The normalized spacial score (nSPS) is 11.9. The number of rotatable bonds is 15. The van der Waals surface area contributed by atoms with E-state index in [1.165, 1.54) is 6.07 Å². The van der Waals surface area contributed by atoms with E-state index in [9.17, 15) is 4.79 Å². The summed E-state index contributed by atoms with van der Waals surface area (Å²) < 4.78 is 28.5. The molecular weight excluding hydrogens is 570 g/mol. The van der Waals surface area contributed by atoms with Gasteiger partial charge in [-0.15, -0.1) is 0 Å². The number of fused-ring (bicyclic) bond motifs is 3. The minimum absolute atomic E-state index is 0.0306. The summed E-state index contributed by atoms with van der Waals surface area (Å²) in [6, 6.07) is 27.5. The molecule has 1 unspecified atom stereocenters. The van der Waals surface area contributed by atoms with Gasteiger partial charge >= 0.3 is 6.16 Å². The second kappa shape index (κ2) is 15.0. The molecule has 4 N–H and O–H groups in total. The number of methoxy groups -OCH3 is 1. The SMILES string of the molecule is COc1ccccc1OCCNCC(COc1cccc2[nH]c3ccccc3c12)OC(=O)Oc1ccccc1CON(O)O. The number of carbonyl (C=O) groups is 1. The van der Waals surface area contributed by atoms with Gasteiger partial charge < -0.3 is 34.0 Å². The molecular formula is C32H33N3O9. The molecule has 0 fully saturated rings. The van der Waals surface area contributed by atoms with Crippen molar-refractivity contribution < 1.29 is 43.7 Å². The molecule has 12 nitrogen and oxygen atoms in total. The first kappa shape index (κ1) is 30.6. The Kier molecular flexibility index (Phi) is 10.5. The van der Waals surface area contributed by atoms with Crippen molar-refractivity contribution >= 4 is 28.0 Å². The van der Waals surface area contributed by atoms with Gasteiger partial charge in [0.15, 0.2) is 17.6 Å². The Morgan fingerprint density at radius 3 is 2.36 bits per heavy atom. The van der Waals surface area contributed by atoms with E-state index in [0.717, 1.165) is 21.8 Å². The zero-order valence-corrected chi connectivity index (χ0v) is 24.0. The van der Waals surface area contributed by atoms with Crippen molar-refractivity contribution in [3.05, 3.63) is 96.6 Å². The van der Waals surface area contributed by atoms with Crippen LogP contribution in [0.5, 0.6) is 23.0 Å². The highest BCUT2D eigenvalue weighted by molar-refractivity contribution is 6.10. The van der Waals surface area contributed by atoms with Gasteiger partial charge in [0, 0.05) is 34.9 Å². The van der Waals surface area contributed by atoms with Crippen molar-refractivity contribution in [2.75, 3.05) is 33.4 Å². The van der Waals surface area contributed by atoms with Gasteiger partial charge in [0.25, 0.3) is 0 Å². The zero-order chi connectivity index (χ0) is 30.7. The predicted octanol–water partition coefficient (Wildman–Crippen LogP) is 5.47. The maximum Gasteiger partial charge on any atom is 0.514 e. The third kappa shape index (κ3) is 7.95. The molecule has 0 spiro atoms. The molecule has 1 aromatic heterocycles. The first-order valence-electron chi connectivity index (χ1n) is 13.9. The molecule has 0 bridgehead atoms. The summed E-state index contributed by atoms with van der Waals surface area (Å²) in [5, 5.41) is 22.5. The molecule has 1 heterocycles. The average molecular weight is 604 g/mol. The van der Waals surface area contributed by atoms with Crippen molar-refractivity contribution in [1.82, 2.24) is 15.7 Å². The summed E-state index contributed by atoms with van der Waals surface area (Å²) in [4.78, 5) is 20.9. The van der Waals surface area contributed by atoms with Crippen LogP contribution in [0.4, 0.5) is 4.79 Å². The van der Waals surface area contributed by atoms with Gasteiger partial charge in [-0.2, -0.15) is 0 Å². The number of hydrogen-bond donors (Lipinski definition) is 4. The second-order valence-corrected chi connectivity index (χ2v) is 9.59. The first-order valence-corrected chi connectivity index (χ1v) is 13.9. The fourth-order valence-electron chi connectivity index (χ4n) is 4.64. The molecule has 44 heavy (non-hydrogen) atoms. The predicted molar refractivity (Wildman–Crippen MR) is 160 cm³/mol. The number of ether oxygens (including phenoxy) is 5. The van der Waals surface area contributed by atoms with Crippen LogP contribution in [0.2, 0.25) is 0 Å². The average Bonchev–Trinajstić information content (AvgIpc) is 3.42. The molecule has 0 aliphatic heterocycles. The van der Waals surface area contributed by atoms with Crippen LogP contribution in [-0.4, -0.2) is 66.5 Å². The lowest BCUT2D eigenvalue weighted by molar-refractivity contribution is -0.497. The van der Waals surface area contributed by atoms with Crippen molar-refractivity contribution in [3.8, 4) is 23.0 Å². The Morgan fingerprint density at radius 2 is 1.55 bits per heavy atom. The summed E-state index contributed by atoms with van der Waals surface area (Å²) in [6.45, 7) is 0.800. The van der Waals surface area contributed by atoms with Gasteiger partial charge in [-0.25, -0.2) is 9.63 Å². The van der Waals surface area contributed by atoms with Crippen LogP contribution in [0.1, 0.15) is 5.56 Å². The van der Waals surface area contributed by atoms with Gasteiger partial charge in [-0.05, 0) is 36.4 Å². The van der Waals surface area contributed by atoms with E-state index < -0.39 is 17.6 Å². The van der Waals surface area contributed by atoms with Crippen LogP contribution in [0.15, 0.2) is 91.0 Å². The number of nitrogens with zero attached hydrogens (tertiary/aromatic N) is 1. The van der Waals surface area contributed by atoms with Crippen LogP contribution in [0.25, 0.3) is 21.8 Å². The number of H-pyrrole nitrogens is 1. The lowest BCUT2D eigenvalue weighted by Crippen LogP contribution is -2.37. The van der Waals surface area contributed by atoms with Crippen molar-refractivity contribution in [2.24, 2.45) is 0 Å². The van der Waals surface area contributed by atoms with Gasteiger partial charge in [0.1, 0.15) is 31.3 Å². The highest BCUT2D eigenvalue weighted by Gasteiger charge is 2.20. The monoisotopic (exact) mass is 603 g/mol. The van der Waals surface area contributed by atoms with Crippen LogP contribution in [0, 0.1) is 0 Å². The van der Waals surface area contributed by atoms with E-state index >= 15 is 0 Å². The van der Waals surface area contributed by atoms with E-state index in [-0.39, 0.29) is 25.5 Å². The smallest absolute Gasteiger partial charge is 0.493 e. The van der Waals surface area contributed by atoms with Crippen LogP contribution >= 0.6 is 0 Å². The second-order valence-electron chi connectivity index (χ2n) is 9.59. The number of hydrogen-bond acceptors (Lipinski definition) is 11. The standard InChI is InChI=1S/C32H33N3O9/c1-39-28-14-6-7-15-29(28)40-18-17-33-19-23(43-32(36)44-27-13-5-2-9-22(27)20-42-35(37)38)21-41-30-16-8-12-26-31(30)24-10-3-4-11-25(24)34-26/h2-16,23,33-34,37-38H,17-21H2,1H3. The number of benzene rings is 4. The summed E-state index contributed by atoms with van der Waals surface area (Å²) in [5.41, 5.74) is 2.30.